The third kappa shape index (κ3) is 4.54. The van der Waals surface area contributed by atoms with Crippen LogP contribution >= 0.6 is 0 Å². The molecule has 0 saturated heterocycles. The SMILES string of the molecule is CC1C[C@H]2[C@H](CCC(C)(O)/C=C/CC(C)(O)/C=C/C1=O)C2(C)C. The Morgan fingerprint density at radius 1 is 1.04 bits per heavy atom. The van der Waals surface area contributed by atoms with Gasteiger partial charge in [0.25, 0.3) is 0 Å². The third-order valence-corrected chi connectivity index (χ3v) is 5.96. The van der Waals surface area contributed by atoms with Crippen molar-refractivity contribution in [3.63, 3.8) is 0 Å². The first-order chi connectivity index (χ1) is 10.4. The van der Waals surface area contributed by atoms with E-state index in [0.29, 0.717) is 24.7 Å². The first-order valence-electron chi connectivity index (χ1n) is 8.80. The van der Waals surface area contributed by atoms with E-state index in [-0.39, 0.29) is 17.1 Å². The molecule has 0 bridgehead atoms. The Hall–Kier alpha value is -0.930. The Labute approximate surface area is 140 Å². The van der Waals surface area contributed by atoms with Gasteiger partial charge in [-0.2, -0.15) is 0 Å². The summed E-state index contributed by atoms with van der Waals surface area (Å²) in [7, 11) is 0. The summed E-state index contributed by atoms with van der Waals surface area (Å²) < 4.78 is 0. The molecule has 2 aliphatic rings. The zero-order chi connectivity index (χ0) is 17.5. The molecule has 3 heteroatoms. The van der Waals surface area contributed by atoms with Crippen LogP contribution in [0, 0.1) is 23.2 Å². The fraction of sp³-hybridized carbons (Fsp3) is 0.750. The highest BCUT2D eigenvalue weighted by Gasteiger charge is 2.57. The Kier molecular flexibility index (Phi) is 4.94. The van der Waals surface area contributed by atoms with Gasteiger partial charge in [0.15, 0.2) is 5.78 Å². The average molecular weight is 320 g/mol. The molecule has 0 spiro atoms. The highest BCUT2D eigenvalue weighted by atomic mass is 16.3. The molecule has 23 heavy (non-hydrogen) atoms. The second-order valence-electron chi connectivity index (χ2n) is 8.77. The molecule has 1 fully saturated rings. The summed E-state index contributed by atoms with van der Waals surface area (Å²) in [5.74, 6) is 1.20. The van der Waals surface area contributed by atoms with Crippen molar-refractivity contribution in [2.24, 2.45) is 23.2 Å². The van der Waals surface area contributed by atoms with Gasteiger partial charge in [0.05, 0.1) is 11.2 Å². The summed E-state index contributed by atoms with van der Waals surface area (Å²) in [5.41, 5.74) is -1.65. The third-order valence-electron chi connectivity index (χ3n) is 5.96. The van der Waals surface area contributed by atoms with Crippen molar-refractivity contribution in [3.8, 4) is 0 Å². The predicted molar refractivity (Wildman–Crippen MR) is 92.9 cm³/mol. The summed E-state index contributed by atoms with van der Waals surface area (Å²) >= 11 is 0. The van der Waals surface area contributed by atoms with Crippen LogP contribution in [0.4, 0.5) is 0 Å². The van der Waals surface area contributed by atoms with E-state index in [0.717, 1.165) is 12.8 Å². The molecule has 0 heterocycles. The molecule has 130 valence electrons. The van der Waals surface area contributed by atoms with Crippen LogP contribution in [-0.2, 0) is 4.79 Å². The summed E-state index contributed by atoms with van der Waals surface area (Å²) in [5, 5.41) is 20.8. The molecule has 3 nitrogen and oxygen atoms in total. The molecule has 0 amide bonds. The van der Waals surface area contributed by atoms with E-state index >= 15 is 0 Å². The largest absolute Gasteiger partial charge is 0.386 e. The van der Waals surface area contributed by atoms with Gasteiger partial charge >= 0.3 is 0 Å². The topological polar surface area (TPSA) is 57.5 Å². The minimum Gasteiger partial charge on any atom is -0.386 e. The van der Waals surface area contributed by atoms with Crippen molar-refractivity contribution in [1.29, 1.82) is 0 Å². The first kappa shape index (κ1) is 18.4. The van der Waals surface area contributed by atoms with Gasteiger partial charge in [-0.05, 0) is 68.9 Å². The van der Waals surface area contributed by atoms with Crippen LogP contribution in [0.5, 0.6) is 0 Å². The van der Waals surface area contributed by atoms with Crippen LogP contribution < -0.4 is 0 Å². The quantitative estimate of drug-likeness (QED) is 0.670. The molecule has 0 aromatic rings. The monoisotopic (exact) mass is 320 g/mol. The van der Waals surface area contributed by atoms with Crippen molar-refractivity contribution in [1.82, 2.24) is 0 Å². The highest BCUT2D eigenvalue weighted by Crippen LogP contribution is 2.63. The molecule has 2 N–H and O–H groups in total. The lowest BCUT2D eigenvalue weighted by Gasteiger charge is -2.21. The average Bonchev–Trinajstić information content (AvgIpc) is 2.93. The predicted octanol–water partition coefficient (Wildman–Crippen LogP) is 3.65. The number of ketones is 1. The Bertz CT molecular complexity index is 511. The van der Waals surface area contributed by atoms with Gasteiger partial charge in [-0.3, -0.25) is 4.79 Å². The number of carbonyl (C=O) groups is 1. The smallest absolute Gasteiger partial charge is 0.158 e. The number of hydrogen-bond acceptors (Lipinski definition) is 3. The molecule has 1 saturated carbocycles. The zero-order valence-electron chi connectivity index (χ0n) is 15.2. The lowest BCUT2D eigenvalue weighted by atomic mass is 9.91. The van der Waals surface area contributed by atoms with Gasteiger partial charge in [0, 0.05) is 5.92 Å². The van der Waals surface area contributed by atoms with E-state index in [4.69, 9.17) is 0 Å². The van der Waals surface area contributed by atoms with Crippen LogP contribution in [0.3, 0.4) is 0 Å². The number of fused-ring (bicyclic) bond motifs is 1. The van der Waals surface area contributed by atoms with Gasteiger partial charge in [-0.15, -0.1) is 0 Å². The maximum atomic E-state index is 12.3. The van der Waals surface area contributed by atoms with E-state index in [1.54, 1.807) is 19.1 Å². The van der Waals surface area contributed by atoms with Gasteiger partial charge in [0.2, 0.25) is 0 Å². The number of aliphatic hydroxyl groups is 2. The normalized spacial score (nSPS) is 47.3. The fourth-order valence-electron chi connectivity index (χ4n) is 3.97. The van der Waals surface area contributed by atoms with Crippen LogP contribution in [0.2, 0.25) is 0 Å². The minimum atomic E-state index is -1.06. The molecular formula is C20H32O3. The standard InChI is InChI=1S/C20H32O3/c1-14-13-16-15(18(16,2)3)7-11-19(4,22)9-6-10-20(5,23)12-8-17(14)21/h6,8-9,12,14-16,22-23H,7,10-11,13H2,1-5H3/b9-6+,12-8+/t14?,15-,16-,19?,20?/m0/s1. The lowest BCUT2D eigenvalue weighted by molar-refractivity contribution is -0.118. The molecular weight excluding hydrogens is 288 g/mol. The maximum absolute atomic E-state index is 12.3. The van der Waals surface area contributed by atoms with E-state index in [1.807, 2.05) is 19.9 Å². The number of carbonyl (C=O) groups excluding carboxylic acids is 1. The maximum Gasteiger partial charge on any atom is 0.158 e. The molecule has 2 rings (SSSR count). The van der Waals surface area contributed by atoms with Crippen LogP contribution in [0.25, 0.3) is 0 Å². The summed E-state index contributed by atoms with van der Waals surface area (Å²) in [6, 6.07) is 0. The Morgan fingerprint density at radius 3 is 2.35 bits per heavy atom. The molecule has 3 unspecified atom stereocenters. The molecule has 5 atom stereocenters. The van der Waals surface area contributed by atoms with Crippen LogP contribution in [0.1, 0.15) is 60.3 Å². The molecule has 0 aromatic heterocycles. The molecule has 0 aliphatic heterocycles. The lowest BCUT2D eigenvalue weighted by Crippen LogP contribution is -2.24. The van der Waals surface area contributed by atoms with Crippen LogP contribution in [0.15, 0.2) is 24.3 Å². The van der Waals surface area contributed by atoms with E-state index in [9.17, 15) is 15.0 Å². The van der Waals surface area contributed by atoms with E-state index in [2.05, 4.69) is 13.8 Å². The number of rotatable bonds is 0. The van der Waals surface area contributed by atoms with Crippen molar-refractivity contribution < 1.29 is 15.0 Å². The van der Waals surface area contributed by atoms with E-state index < -0.39 is 11.2 Å². The first-order valence-corrected chi connectivity index (χ1v) is 8.80. The van der Waals surface area contributed by atoms with Crippen molar-refractivity contribution in [3.05, 3.63) is 24.3 Å². The van der Waals surface area contributed by atoms with Gasteiger partial charge in [0.1, 0.15) is 0 Å². The number of allylic oxidation sites excluding steroid dienone is 1. The minimum absolute atomic E-state index is 0.0182. The van der Waals surface area contributed by atoms with Crippen molar-refractivity contribution >= 4 is 5.78 Å². The van der Waals surface area contributed by atoms with Gasteiger partial charge < -0.3 is 10.2 Å². The Morgan fingerprint density at radius 2 is 1.70 bits per heavy atom. The highest BCUT2D eigenvalue weighted by molar-refractivity contribution is 5.91. The molecule has 2 aliphatic carbocycles. The summed E-state index contributed by atoms with van der Waals surface area (Å²) in [6.45, 7) is 10.0. The van der Waals surface area contributed by atoms with Crippen molar-refractivity contribution in [2.75, 3.05) is 0 Å². The van der Waals surface area contributed by atoms with Crippen molar-refractivity contribution in [2.45, 2.75) is 71.5 Å². The summed E-state index contributed by atoms with van der Waals surface area (Å²) in [6.07, 6.45) is 9.70. The Balaban J connectivity index is 2.21. The second kappa shape index (κ2) is 6.18. The fourth-order valence-corrected chi connectivity index (χ4v) is 3.97. The van der Waals surface area contributed by atoms with Crippen LogP contribution in [-0.4, -0.2) is 27.2 Å². The second-order valence-corrected chi connectivity index (χ2v) is 8.77. The van der Waals surface area contributed by atoms with Gasteiger partial charge in [-0.25, -0.2) is 0 Å². The molecule has 0 radical (unpaired) electrons. The number of hydrogen-bond donors (Lipinski definition) is 2. The summed E-state index contributed by atoms with van der Waals surface area (Å²) in [4.78, 5) is 12.3. The van der Waals surface area contributed by atoms with Gasteiger partial charge in [-0.1, -0.05) is 32.9 Å². The molecule has 0 aromatic carbocycles. The zero-order valence-corrected chi connectivity index (χ0v) is 15.2. The van der Waals surface area contributed by atoms with E-state index in [1.165, 1.54) is 6.08 Å².